The molecule has 2 aromatic heterocycles. The van der Waals surface area contributed by atoms with Crippen molar-refractivity contribution >= 4 is 55.7 Å². The lowest BCUT2D eigenvalue weighted by atomic mass is 10.1. The Hall–Kier alpha value is -2.90. The molecule has 0 fully saturated rings. The third-order valence-corrected chi connectivity index (χ3v) is 7.63. The van der Waals surface area contributed by atoms with Crippen molar-refractivity contribution < 1.29 is 4.79 Å². The number of carbonyl (C=O) groups is 1. The lowest BCUT2D eigenvalue weighted by Crippen LogP contribution is -2.32. The Morgan fingerprint density at radius 3 is 2.72 bits per heavy atom. The zero-order valence-corrected chi connectivity index (χ0v) is 20.1. The largest absolute Gasteiger partial charge is 0.311 e. The van der Waals surface area contributed by atoms with Gasteiger partial charge in [-0.2, -0.15) is 0 Å². The fourth-order valence-electron chi connectivity index (χ4n) is 3.84. The van der Waals surface area contributed by atoms with Crippen LogP contribution in [0.15, 0.2) is 65.1 Å². The van der Waals surface area contributed by atoms with Gasteiger partial charge in [-0.1, -0.05) is 54.2 Å². The van der Waals surface area contributed by atoms with Crippen molar-refractivity contribution in [3.8, 4) is 0 Å². The summed E-state index contributed by atoms with van der Waals surface area (Å²) in [5.41, 5.74) is 1.79. The minimum Gasteiger partial charge on any atom is -0.311 e. The van der Waals surface area contributed by atoms with Gasteiger partial charge in [0.1, 0.15) is 4.83 Å². The van der Waals surface area contributed by atoms with E-state index in [-0.39, 0.29) is 17.2 Å². The summed E-state index contributed by atoms with van der Waals surface area (Å²) < 4.78 is 1.61. The van der Waals surface area contributed by atoms with Crippen LogP contribution in [-0.4, -0.2) is 27.8 Å². The number of carbonyl (C=O) groups excluding carboxylic acids is 1. The van der Waals surface area contributed by atoms with Gasteiger partial charge < -0.3 is 4.90 Å². The molecule has 7 heteroatoms. The van der Waals surface area contributed by atoms with Crippen LogP contribution < -0.4 is 10.5 Å². The van der Waals surface area contributed by atoms with Gasteiger partial charge in [0, 0.05) is 23.4 Å². The Morgan fingerprint density at radius 2 is 1.97 bits per heavy atom. The van der Waals surface area contributed by atoms with Crippen molar-refractivity contribution in [2.75, 3.05) is 17.2 Å². The van der Waals surface area contributed by atoms with Gasteiger partial charge in [0.05, 0.1) is 16.8 Å². The minimum atomic E-state index is -0.0758. The number of aromatic nitrogens is 2. The van der Waals surface area contributed by atoms with E-state index < -0.39 is 0 Å². The molecule has 4 aromatic rings. The molecule has 164 valence electrons. The third-order valence-electron chi connectivity index (χ3n) is 5.56. The van der Waals surface area contributed by atoms with Gasteiger partial charge in [-0.15, -0.1) is 17.9 Å². The molecule has 5 nitrogen and oxygen atoms in total. The van der Waals surface area contributed by atoms with Gasteiger partial charge in [0.2, 0.25) is 5.91 Å². The molecule has 2 heterocycles. The summed E-state index contributed by atoms with van der Waals surface area (Å²) >= 11 is 2.82. The molecule has 0 saturated carbocycles. The number of allylic oxidation sites excluding steroid dienone is 1. The molecule has 0 aliphatic heterocycles. The Labute approximate surface area is 195 Å². The number of thioether (sulfide) groups is 1. The zero-order chi connectivity index (χ0) is 22.8. The van der Waals surface area contributed by atoms with Gasteiger partial charge in [0.15, 0.2) is 5.16 Å². The number of thiophene rings is 1. The van der Waals surface area contributed by atoms with Gasteiger partial charge in [-0.05, 0) is 37.8 Å². The van der Waals surface area contributed by atoms with Crippen molar-refractivity contribution in [1.29, 1.82) is 0 Å². The quantitative estimate of drug-likeness (QED) is 0.205. The van der Waals surface area contributed by atoms with E-state index in [2.05, 4.69) is 6.58 Å². The summed E-state index contributed by atoms with van der Waals surface area (Å²) in [6, 6.07) is 14.1. The Kier molecular flexibility index (Phi) is 6.48. The molecule has 0 saturated heterocycles. The number of hydrogen-bond acceptors (Lipinski definition) is 5. The van der Waals surface area contributed by atoms with Crippen molar-refractivity contribution in [3.63, 3.8) is 0 Å². The van der Waals surface area contributed by atoms with Crippen LogP contribution in [0.5, 0.6) is 0 Å². The fourth-order valence-corrected chi connectivity index (χ4v) is 5.79. The lowest BCUT2D eigenvalue weighted by molar-refractivity contribution is -0.116. The van der Waals surface area contributed by atoms with E-state index in [0.29, 0.717) is 23.6 Å². The minimum absolute atomic E-state index is 0.0214. The molecule has 0 unspecified atom stereocenters. The molecule has 32 heavy (non-hydrogen) atoms. The monoisotopic (exact) mass is 463 g/mol. The summed E-state index contributed by atoms with van der Waals surface area (Å²) in [5, 5.41) is 3.35. The molecule has 0 radical (unpaired) electrons. The number of fused-ring (bicyclic) bond motifs is 2. The van der Waals surface area contributed by atoms with Crippen LogP contribution >= 0.6 is 23.1 Å². The van der Waals surface area contributed by atoms with Crippen molar-refractivity contribution in [1.82, 2.24) is 9.55 Å². The van der Waals surface area contributed by atoms with Crippen molar-refractivity contribution in [2.45, 2.75) is 32.5 Å². The highest BCUT2D eigenvalue weighted by molar-refractivity contribution is 7.99. The van der Waals surface area contributed by atoms with Crippen molar-refractivity contribution in [3.05, 3.63) is 75.9 Å². The molecule has 0 atom stereocenters. The number of benzene rings is 2. The summed E-state index contributed by atoms with van der Waals surface area (Å²) in [5.74, 6) is 0.169. The fraction of sp³-hybridized carbons (Fsp3) is 0.240. The van der Waals surface area contributed by atoms with E-state index in [4.69, 9.17) is 4.98 Å². The van der Waals surface area contributed by atoms with E-state index in [1.807, 2.05) is 63.2 Å². The summed E-state index contributed by atoms with van der Waals surface area (Å²) in [6.07, 6.45) is 1.68. The maximum atomic E-state index is 13.2. The van der Waals surface area contributed by atoms with Crippen LogP contribution in [0.3, 0.4) is 0 Å². The van der Waals surface area contributed by atoms with Crippen LogP contribution in [0.1, 0.15) is 17.4 Å². The molecule has 4 rings (SSSR count). The summed E-state index contributed by atoms with van der Waals surface area (Å²) in [7, 11) is 0. The molecule has 0 aliphatic rings. The topological polar surface area (TPSA) is 55.2 Å². The summed E-state index contributed by atoms with van der Waals surface area (Å²) in [4.78, 5) is 34.7. The maximum absolute atomic E-state index is 13.2. The van der Waals surface area contributed by atoms with E-state index in [0.717, 1.165) is 31.7 Å². The van der Waals surface area contributed by atoms with Gasteiger partial charge >= 0.3 is 0 Å². The number of hydrogen-bond donors (Lipinski definition) is 0. The number of nitrogens with zero attached hydrogens (tertiary/aromatic N) is 3. The van der Waals surface area contributed by atoms with Gasteiger partial charge in [0.25, 0.3) is 5.56 Å². The second-order valence-corrected chi connectivity index (χ2v) is 9.63. The van der Waals surface area contributed by atoms with Crippen LogP contribution in [0.4, 0.5) is 5.69 Å². The molecule has 1 amide bonds. The summed E-state index contributed by atoms with van der Waals surface area (Å²) in [6.45, 7) is 10.6. The van der Waals surface area contributed by atoms with Crippen LogP contribution in [0, 0.1) is 13.8 Å². The highest BCUT2D eigenvalue weighted by atomic mass is 32.2. The van der Waals surface area contributed by atoms with Gasteiger partial charge in [-0.25, -0.2) is 4.98 Å². The normalized spacial score (nSPS) is 11.2. The Balaban J connectivity index is 1.66. The number of aryl methyl sites for hydroxylation is 2. The smallest absolute Gasteiger partial charge is 0.263 e. The van der Waals surface area contributed by atoms with Crippen LogP contribution in [0.2, 0.25) is 0 Å². The highest BCUT2D eigenvalue weighted by Crippen LogP contribution is 2.30. The van der Waals surface area contributed by atoms with Gasteiger partial charge in [-0.3, -0.25) is 14.2 Å². The molecule has 0 spiro atoms. The Bertz CT molecular complexity index is 1380. The second-order valence-electron chi connectivity index (χ2n) is 7.49. The predicted octanol–water partition coefficient (Wildman–Crippen LogP) is 5.56. The molecule has 0 N–H and O–H groups in total. The third kappa shape index (κ3) is 3.98. The van der Waals surface area contributed by atoms with Crippen LogP contribution in [-0.2, 0) is 11.3 Å². The molecule has 2 aromatic carbocycles. The second kappa shape index (κ2) is 9.30. The standard InChI is InChI=1S/C25H25N3O2S2/c1-5-14-28-24(30)22-16(3)17(4)32-23(22)26-25(28)31-15-21(29)27(6-2)20-13-9-11-18-10-7-8-12-19(18)20/h5,7-13H,1,6,14-15H2,2-4H3. The first-order valence-corrected chi connectivity index (χ1v) is 12.3. The molecule has 0 bridgehead atoms. The highest BCUT2D eigenvalue weighted by Gasteiger charge is 2.20. The first kappa shape index (κ1) is 22.3. The zero-order valence-electron chi connectivity index (χ0n) is 18.4. The van der Waals surface area contributed by atoms with E-state index in [1.165, 1.54) is 23.1 Å². The molecular weight excluding hydrogens is 438 g/mol. The maximum Gasteiger partial charge on any atom is 0.263 e. The molecule has 0 aliphatic carbocycles. The first-order chi connectivity index (χ1) is 15.5. The van der Waals surface area contributed by atoms with E-state index >= 15 is 0 Å². The van der Waals surface area contributed by atoms with Crippen molar-refractivity contribution in [2.24, 2.45) is 0 Å². The molecular formula is C25H25N3O2S2. The lowest BCUT2D eigenvalue weighted by Gasteiger charge is -2.23. The predicted molar refractivity (Wildman–Crippen MR) is 136 cm³/mol. The SMILES string of the molecule is C=CCn1c(SCC(=O)N(CC)c2cccc3ccccc23)nc2sc(C)c(C)c2c1=O. The van der Waals surface area contributed by atoms with E-state index in [9.17, 15) is 9.59 Å². The first-order valence-electron chi connectivity index (χ1n) is 10.5. The number of anilines is 1. The van der Waals surface area contributed by atoms with Crippen LogP contribution in [0.25, 0.3) is 21.0 Å². The number of amides is 1. The number of rotatable bonds is 7. The average molecular weight is 464 g/mol. The average Bonchev–Trinajstić information content (AvgIpc) is 3.08. The Morgan fingerprint density at radius 1 is 1.22 bits per heavy atom. The van der Waals surface area contributed by atoms with E-state index in [1.54, 1.807) is 15.5 Å².